The largest absolute Gasteiger partial charge is 0.364 e. The SMILES string of the molecule is CN(CC1CCCN(C(=O)Cc2cccnc2)C1)C(=O)c1ccc(C(N)=O)[nH]1. The number of nitrogens with zero attached hydrogens (tertiary/aromatic N) is 3. The zero-order valence-electron chi connectivity index (χ0n) is 15.9. The lowest BCUT2D eigenvalue weighted by molar-refractivity contribution is -0.132. The summed E-state index contributed by atoms with van der Waals surface area (Å²) < 4.78 is 0. The first kappa shape index (κ1) is 19.6. The number of hydrogen-bond donors (Lipinski definition) is 2. The average Bonchev–Trinajstić information content (AvgIpc) is 3.19. The summed E-state index contributed by atoms with van der Waals surface area (Å²) in [5, 5.41) is 0. The molecule has 1 fully saturated rings. The molecular formula is C20H25N5O3. The van der Waals surface area contributed by atoms with E-state index in [9.17, 15) is 14.4 Å². The second kappa shape index (κ2) is 8.69. The zero-order chi connectivity index (χ0) is 20.1. The Morgan fingerprint density at radius 3 is 2.75 bits per heavy atom. The number of piperidine rings is 1. The molecule has 3 amide bonds. The average molecular weight is 383 g/mol. The van der Waals surface area contributed by atoms with E-state index in [1.54, 1.807) is 30.4 Å². The number of H-pyrrole nitrogens is 1. The second-order valence-electron chi connectivity index (χ2n) is 7.22. The number of pyridine rings is 1. The summed E-state index contributed by atoms with van der Waals surface area (Å²) >= 11 is 0. The van der Waals surface area contributed by atoms with Crippen LogP contribution in [0.1, 0.15) is 39.4 Å². The van der Waals surface area contributed by atoms with E-state index < -0.39 is 5.91 Å². The Balaban J connectivity index is 1.55. The van der Waals surface area contributed by atoms with Gasteiger partial charge in [-0.3, -0.25) is 19.4 Å². The highest BCUT2D eigenvalue weighted by Crippen LogP contribution is 2.19. The molecule has 0 bridgehead atoms. The molecule has 0 radical (unpaired) electrons. The molecule has 0 spiro atoms. The van der Waals surface area contributed by atoms with Crippen LogP contribution in [-0.4, -0.2) is 64.2 Å². The quantitative estimate of drug-likeness (QED) is 0.777. The minimum absolute atomic E-state index is 0.0853. The molecule has 2 aromatic rings. The lowest BCUT2D eigenvalue weighted by Gasteiger charge is -2.34. The standard InChI is InChI=1S/C20H25N5O3/c1-24(20(28)17-7-6-16(23-17)19(21)27)12-15-5-3-9-25(13-15)18(26)10-14-4-2-8-22-11-14/h2,4,6-8,11,15,23H,3,5,9-10,12-13H2,1H3,(H2,21,27). The third kappa shape index (κ3) is 4.76. The predicted molar refractivity (Wildman–Crippen MR) is 104 cm³/mol. The van der Waals surface area contributed by atoms with Crippen molar-refractivity contribution in [3.63, 3.8) is 0 Å². The van der Waals surface area contributed by atoms with Gasteiger partial charge in [0.25, 0.3) is 11.8 Å². The van der Waals surface area contributed by atoms with Crippen LogP contribution in [0.5, 0.6) is 0 Å². The number of rotatable bonds is 6. The number of amides is 3. The highest BCUT2D eigenvalue weighted by Gasteiger charge is 2.26. The van der Waals surface area contributed by atoms with Crippen molar-refractivity contribution in [1.29, 1.82) is 0 Å². The van der Waals surface area contributed by atoms with Crippen molar-refractivity contribution in [2.24, 2.45) is 11.7 Å². The minimum atomic E-state index is -0.600. The molecule has 3 rings (SSSR count). The molecule has 1 aliphatic heterocycles. The molecule has 8 nitrogen and oxygen atoms in total. The van der Waals surface area contributed by atoms with Crippen LogP contribution in [0.25, 0.3) is 0 Å². The Bertz CT molecular complexity index is 849. The Hall–Kier alpha value is -3.16. The summed E-state index contributed by atoms with van der Waals surface area (Å²) in [7, 11) is 1.73. The Kier molecular flexibility index (Phi) is 6.08. The molecule has 148 valence electrons. The van der Waals surface area contributed by atoms with Crippen LogP contribution in [0.4, 0.5) is 0 Å². The first-order valence-corrected chi connectivity index (χ1v) is 9.35. The van der Waals surface area contributed by atoms with Crippen molar-refractivity contribution in [2.45, 2.75) is 19.3 Å². The van der Waals surface area contributed by atoms with E-state index in [1.807, 2.05) is 17.0 Å². The summed E-state index contributed by atoms with van der Waals surface area (Å²) in [6.07, 6.45) is 5.62. The van der Waals surface area contributed by atoms with Crippen LogP contribution in [0.15, 0.2) is 36.7 Å². The summed E-state index contributed by atoms with van der Waals surface area (Å²) in [5.41, 5.74) is 6.66. The van der Waals surface area contributed by atoms with Crippen LogP contribution >= 0.6 is 0 Å². The number of nitrogens with one attached hydrogen (secondary N) is 1. The van der Waals surface area contributed by atoms with Gasteiger partial charge in [-0.25, -0.2) is 0 Å². The molecule has 1 unspecified atom stereocenters. The van der Waals surface area contributed by atoms with Crippen LogP contribution in [0.3, 0.4) is 0 Å². The summed E-state index contributed by atoms with van der Waals surface area (Å²) in [4.78, 5) is 46.6. The van der Waals surface area contributed by atoms with Gasteiger partial charge in [-0.15, -0.1) is 0 Å². The van der Waals surface area contributed by atoms with Gasteiger partial charge < -0.3 is 20.5 Å². The molecule has 28 heavy (non-hydrogen) atoms. The maximum absolute atomic E-state index is 12.6. The third-order valence-corrected chi connectivity index (χ3v) is 5.01. The van der Waals surface area contributed by atoms with Crippen LogP contribution in [0, 0.1) is 5.92 Å². The van der Waals surface area contributed by atoms with Crippen molar-refractivity contribution >= 4 is 17.7 Å². The van der Waals surface area contributed by atoms with Crippen molar-refractivity contribution < 1.29 is 14.4 Å². The molecule has 0 saturated carbocycles. The maximum atomic E-state index is 12.6. The first-order chi connectivity index (χ1) is 13.4. The highest BCUT2D eigenvalue weighted by molar-refractivity contribution is 5.96. The molecule has 3 N–H and O–H groups in total. The Morgan fingerprint density at radius 1 is 1.29 bits per heavy atom. The number of carbonyl (C=O) groups is 3. The zero-order valence-corrected chi connectivity index (χ0v) is 15.9. The maximum Gasteiger partial charge on any atom is 0.270 e. The lowest BCUT2D eigenvalue weighted by Crippen LogP contribution is -2.44. The molecule has 0 aromatic carbocycles. The van der Waals surface area contributed by atoms with Gasteiger partial charge in [0.15, 0.2) is 0 Å². The fourth-order valence-corrected chi connectivity index (χ4v) is 3.57. The second-order valence-corrected chi connectivity index (χ2v) is 7.22. The Labute approximate surface area is 163 Å². The molecule has 0 aliphatic carbocycles. The molecule has 8 heteroatoms. The number of carbonyl (C=O) groups excluding carboxylic acids is 3. The number of likely N-dealkylation sites (tertiary alicyclic amines) is 1. The van der Waals surface area contributed by atoms with Gasteiger partial charge in [0.1, 0.15) is 11.4 Å². The number of nitrogens with two attached hydrogens (primary N) is 1. The van der Waals surface area contributed by atoms with E-state index in [0.717, 1.165) is 24.9 Å². The van der Waals surface area contributed by atoms with E-state index >= 15 is 0 Å². The third-order valence-electron chi connectivity index (χ3n) is 5.01. The van der Waals surface area contributed by atoms with Crippen LogP contribution in [0.2, 0.25) is 0 Å². The van der Waals surface area contributed by atoms with Gasteiger partial charge in [-0.1, -0.05) is 6.07 Å². The van der Waals surface area contributed by atoms with E-state index in [4.69, 9.17) is 5.73 Å². The summed E-state index contributed by atoms with van der Waals surface area (Å²) in [6, 6.07) is 6.79. The van der Waals surface area contributed by atoms with Gasteiger partial charge in [-0.2, -0.15) is 0 Å². The number of hydrogen-bond acceptors (Lipinski definition) is 4. The van der Waals surface area contributed by atoms with Gasteiger partial charge in [0.05, 0.1) is 6.42 Å². The van der Waals surface area contributed by atoms with E-state index in [2.05, 4.69) is 9.97 Å². The number of primary amides is 1. The van der Waals surface area contributed by atoms with Gasteiger partial charge in [0.2, 0.25) is 5.91 Å². The first-order valence-electron chi connectivity index (χ1n) is 9.35. The van der Waals surface area contributed by atoms with Crippen LogP contribution < -0.4 is 5.73 Å². The smallest absolute Gasteiger partial charge is 0.270 e. The fraction of sp³-hybridized carbons (Fsp3) is 0.400. The van der Waals surface area contributed by atoms with Gasteiger partial charge >= 0.3 is 0 Å². The van der Waals surface area contributed by atoms with Crippen molar-refractivity contribution in [1.82, 2.24) is 19.8 Å². The molecule has 1 atom stereocenters. The van der Waals surface area contributed by atoms with Crippen molar-refractivity contribution in [2.75, 3.05) is 26.7 Å². The monoisotopic (exact) mass is 383 g/mol. The molecule has 1 aliphatic rings. The molecule has 3 heterocycles. The minimum Gasteiger partial charge on any atom is -0.364 e. The van der Waals surface area contributed by atoms with Crippen LogP contribution in [-0.2, 0) is 11.2 Å². The van der Waals surface area contributed by atoms with Crippen molar-refractivity contribution in [3.8, 4) is 0 Å². The summed E-state index contributed by atoms with van der Waals surface area (Å²) in [5.74, 6) is -0.503. The van der Waals surface area contributed by atoms with Gasteiger partial charge in [0, 0.05) is 39.1 Å². The topological polar surface area (TPSA) is 112 Å². The van der Waals surface area contributed by atoms with Crippen molar-refractivity contribution in [3.05, 3.63) is 53.6 Å². The highest BCUT2D eigenvalue weighted by atomic mass is 16.2. The normalized spacial score (nSPS) is 16.6. The lowest BCUT2D eigenvalue weighted by atomic mass is 9.97. The molecule has 2 aromatic heterocycles. The number of aromatic amines is 1. The Morgan fingerprint density at radius 2 is 2.07 bits per heavy atom. The predicted octanol–water partition coefficient (Wildman–Crippen LogP) is 1.06. The fourth-order valence-electron chi connectivity index (χ4n) is 3.57. The van der Waals surface area contributed by atoms with E-state index in [1.165, 1.54) is 6.07 Å². The number of aromatic nitrogens is 2. The summed E-state index contributed by atoms with van der Waals surface area (Å²) in [6.45, 7) is 1.92. The van der Waals surface area contributed by atoms with E-state index in [0.29, 0.717) is 25.2 Å². The van der Waals surface area contributed by atoms with E-state index in [-0.39, 0.29) is 23.4 Å². The molecule has 1 saturated heterocycles. The van der Waals surface area contributed by atoms with Gasteiger partial charge in [-0.05, 0) is 42.5 Å². The molecular weight excluding hydrogens is 358 g/mol.